The molecule has 0 radical (unpaired) electrons. The Morgan fingerprint density at radius 1 is 1.55 bits per heavy atom. The van der Waals surface area contributed by atoms with Gasteiger partial charge in [0.1, 0.15) is 0 Å². The molecule has 1 aromatic heterocycles. The van der Waals surface area contributed by atoms with Crippen LogP contribution in [0.3, 0.4) is 0 Å². The van der Waals surface area contributed by atoms with E-state index in [-0.39, 0.29) is 6.10 Å². The van der Waals surface area contributed by atoms with Crippen LogP contribution in [0.2, 0.25) is 0 Å². The fourth-order valence-corrected chi connectivity index (χ4v) is 2.40. The Balaban J connectivity index is 2.22. The van der Waals surface area contributed by atoms with Gasteiger partial charge in [-0.2, -0.15) is 0 Å². The van der Waals surface area contributed by atoms with Crippen LogP contribution in [-0.2, 0) is 0 Å². The first-order valence-electron chi connectivity index (χ1n) is 4.01. The zero-order chi connectivity index (χ0) is 7.84. The van der Waals surface area contributed by atoms with Crippen molar-refractivity contribution in [2.75, 3.05) is 0 Å². The number of rotatable bonds is 1. The molecular weight excluding hydrogens is 156 g/mol. The van der Waals surface area contributed by atoms with Crippen LogP contribution in [0.15, 0.2) is 11.4 Å². The van der Waals surface area contributed by atoms with Crippen molar-refractivity contribution in [1.82, 2.24) is 0 Å². The normalized spacial score (nSPS) is 30.0. The average Bonchev–Trinajstić information content (AvgIpc) is 2.34. The largest absolute Gasteiger partial charge is 0.392 e. The molecule has 2 heteroatoms. The Labute approximate surface area is 70.7 Å². The highest BCUT2D eigenvalue weighted by atomic mass is 32.1. The number of hydrogen-bond acceptors (Lipinski definition) is 2. The molecule has 1 nitrogen and oxygen atoms in total. The fourth-order valence-electron chi connectivity index (χ4n) is 1.62. The van der Waals surface area contributed by atoms with Gasteiger partial charge in [0.05, 0.1) is 6.10 Å². The monoisotopic (exact) mass is 168 g/mol. The highest BCUT2D eigenvalue weighted by Gasteiger charge is 2.31. The number of hydrogen-bond donors (Lipinski definition) is 1. The summed E-state index contributed by atoms with van der Waals surface area (Å²) in [5, 5.41) is 11.5. The fraction of sp³-hybridized carbons (Fsp3) is 0.556. The van der Waals surface area contributed by atoms with E-state index in [0.717, 1.165) is 6.42 Å². The van der Waals surface area contributed by atoms with Gasteiger partial charge in [-0.25, -0.2) is 0 Å². The predicted octanol–water partition coefficient (Wildman–Crippen LogP) is 2.29. The highest BCUT2D eigenvalue weighted by molar-refractivity contribution is 7.10. The number of aryl methyl sites for hydroxylation is 1. The lowest BCUT2D eigenvalue weighted by Crippen LogP contribution is -2.28. The van der Waals surface area contributed by atoms with Gasteiger partial charge in [-0.15, -0.1) is 11.3 Å². The third-order valence-electron chi connectivity index (χ3n) is 2.54. The first-order valence-corrected chi connectivity index (χ1v) is 4.89. The molecule has 0 aromatic carbocycles. The van der Waals surface area contributed by atoms with E-state index in [1.165, 1.54) is 16.9 Å². The molecule has 1 heterocycles. The summed E-state index contributed by atoms with van der Waals surface area (Å²) >= 11 is 1.77. The first-order chi connectivity index (χ1) is 5.29. The minimum Gasteiger partial charge on any atom is -0.392 e. The van der Waals surface area contributed by atoms with Gasteiger partial charge in [-0.1, -0.05) is 0 Å². The van der Waals surface area contributed by atoms with Crippen LogP contribution in [-0.4, -0.2) is 11.2 Å². The Kier molecular flexibility index (Phi) is 1.74. The van der Waals surface area contributed by atoms with Crippen molar-refractivity contribution < 1.29 is 5.11 Å². The minimum atomic E-state index is -0.0664. The van der Waals surface area contributed by atoms with E-state index in [2.05, 4.69) is 18.4 Å². The van der Waals surface area contributed by atoms with Crippen molar-refractivity contribution in [3.8, 4) is 0 Å². The summed E-state index contributed by atoms with van der Waals surface area (Å²) in [4.78, 5) is 1.37. The molecule has 2 atom stereocenters. The van der Waals surface area contributed by atoms with Crippen molar-refractivity contribution in [2.24, 2.45) is 0 Å². The smallest absolute Gasteiger partial charge is 0.0609 e. The molecule has 1 aromatic rings. The second-order valence-electron chi connectivity index (χ2n) is 3.18. The molecule has 0 amide bonds. The Hall–Kier alpha value is -0.340. The molecule has 1 aliphatic rings. The van der Waals surface area contributed by atoms with Gasteiger partial charge in [0, 0.05) is 10.8 Å². The van der Waals surface area contributed by atoms with Gasteiger partial charge >= 0.3 is 0 Å². The maximum Gasteiger partial charge on any atom is 0.0609 e. The van der Waals surface area contributed by atoms with Crippen LogP contribution < -0.4 is 0 Å². The van der Waals surface area contributed by atoms with Crippen molar-refractivity contribution in [2.45, 2.75) is 31.8 Å². The van der Waals surface area contributed by atoms with Gasteiger partial charge in [0.15, 0.2) is 0 Å². The van der Waals surface area contributed by atoms with Crippen LogP contribution in [0.1, 0.15) is 29.2 Å². The quantitative estimate of drug-likeness (QED) is 0.682. The van der Waals surface area contributed by atoms with E-state index in [1.54, 1.807) is 11.3 Å². The lowest BCUT2D eigenvalue weighted by Gasteiger charge is -2.32. The summed E-state index contributed by atoms with van der Waals surface area (Å²) in [6.45, 7) is 2.13. The summed E-state index contributed by atoms with van der Waals surface area (Å²) in [7, 11) is 0. The number of thiophene rings is 1. The molecular formula is C9H12OS. The maximum absolute atomic E-state index is 9.41. The second kappa shape index (κ2) is 2.61. The molecule has 0 aliphatic heterocycles. The molecule has 0 bridgehead atoms. The van der Waals surface area contributed by atoms with Crippen LogP contribution >= 0.6 is 11.3 Å². The molecule has 1 N–H and O–H groups in total. The third kappa shape index (κ3) is 1.10. The number of aliphatic hydroxyl groups is 1. The van der Waals surface area contributed by atoms with Crippen molar-refractivity contribution >= 4 is 11.3 Å². The van der Waals surface area contributed by atoms with Crippen LogP contribution in [0, 0.1) is 6.92 Å². The molecule has 60 valence electrons. The van der Waals surface area contributed by atoms with Crippen molar-refractivity contribution in [3.05, 3.63) is 21.9 Å². The zero-order valence-electron chi connectivity index (χ0n) is 6.58. The molecule has 1 fully saturated rings. The van der Waals surface area contributed by atoms with Crippen molar-refractivity contribution in [3.63, 3.8) is 0 Å². The first kappa shape index (κ1) is 7.32. The van der Waals surface area contributed by atoms with E-state index in [4.69, 9.17) is 0 Å². The van der Waals surface area contributed by atoms with Gasteiger partial charge in [0.25, 0.3) is 0 Å². The molecule has 1 saturated carbocycles. The van der Waals surface area contributed by atoms with Crippen LogP contribution in [0.5, 0.6) is 0 Å². The molecule has 1 aliphatic carbocycles. The number of aliphatic hydroxyl groups excluding tert-OH is 1. The predicted molar refractivity (Wildman–Crippen MR) is 47.0 cm³/mol. The second-order valence-corrected chi connectivity index (χ2v) is 4.30. The van der Waals surface area contributed by atoms with Gasteiger partial charge < -0.3 is 5.11 Å². The van der Waals surface area contributed by atoms with Crippen molar-refractivity contribution in [1.29, 1.82) is 0 Å². The molecule has 2 rings (SSSR count). The Morgan fingerprint density at radius 3 is 2.73 bits per heavy atom. The van der Waals surface area contributed by atoms with E-state index in [1.807, 2.05) is 0 Å². The van der Waals surface area contributed by atoms with Gasteiger partial charge in [0.2, 0.25) is 0 Å². The topological polar surface area (TPSA) is 20.2 Å². The highest BCUT2D eigenvalue weighted by Crippen LogP contribution is 2.39. The average molecular weight is 168 g/mol. The molecule has 0 spiro atoms. The molecule has 0 saturated heterocycles. The summed E-state index contributed by atoms with van der Waals surface area (Å²) in [6.07, 6.45) is 2.09. The van der Waals surface area contributed by atoms with Gasteiger partial charge in [-0.3, -0.25) is 0 Å². The SMILES string of the molecule is Cc1sccc1C1CCC1O. The molecule has 11 heavy (non-hydrogen) atoms. The standard InChI is InChI=1S/C9H12OS/c1-6-7(4-5-11-6)8-2-3-9(8)10/h4-5,8-10H,2-3H2,1H3. The van der Waals surface area contributed by atoms with E-state index < -0.39 is 0 Å². The van der Waals surface area contributed by atoms with E-state index in [0.29, 0.717) is 5.92 Å². The molecule has 2 unspecified atom stereocenters. The summed E-state index contributed by atoms with van der Waals surface area (Å²) in [6, 6.07) is 2.15. The van der Waals surface area contributed by atoms with E-state index in [9.17, 15) is 5.11 Å². The Morgan fingerprint density at radius 2 is 2.36 bits per heavy atom. The third-order valence-corrected chi connectivity index (χ3v) is 3.40. The lowest BCUT2D eigenvalue weighted by molar-refractivity contribution is 0.0661. The van der Waals surface area contributed by atoms with Gasteiger partial charge in [-0.05, 0) is 36.8 Å². The maximum atomic E-state index is 9.41. The zero-order valence-corrected chi connectivity index (χ0v) is 7.40. The summed E-state index contributed by atoms with van der Waals surface area (Å²) in [5.74, 6) is 0.446. The van der Waals surface area contributed by atoms with Crippen LogP contribution in [0.25, 0.3) is 0 Å². The lowest BCUT2D eigenvalue weighted by atomic mass is 9.77. The summed E-state index contributed by atoms with van der Waals surface area (Å²) < 4.78 is 0. The Bertz CT molecular complexity index is 254. The van der Waals surface area contributed by atoms with E-state index >= 15 is 0 Å². The van der Waals surface area contributed by atoms with Crippen LogP contribution in [0.4, 0.5) is 0 Å². The summed E-state index contributed by atoms with van der Waals surface area (Å²) in [5.41, 5.74) is 1.37. The minimum absolute atomic E-state index is 0.0664.